The van der Waals surface area contributed by atoms with Crippen LogP contribution in [0.3, 0.4) is 0 Å². The van der Waals surface area contributed by atoms with Crippen LogP contribution >= 0.6 is 11.8 Å². The van der Waals surface area contributed by atoms with Crippen molar-refractivity contribution < 1.29 is 18.0 Å². The van der Waals surface area contributed by atoms with Crippen LogP contribution in [-0.2, 0) is 4.79 Å². The lowest BCUT2D eigenvalue weighted by Gasteiger charge is -2.35. The number of carbonyl (C=O) groups is 1. The summed E-state index contributed by atoms with van der Waals surface area (Å²) < 4.78 is 37.9. The Balaban J connectivity index is 4.92. The fourth-order valence-corrected chi connectivity index (χ4v) is 2.19. The minimum Gasteiger partial charge on any atom is -0.340 e. The first-order valence-corrected chi connectivity index (χ1v) is 6.60. The van der Waals surface area contributed by atoms with Crippen LogP contribution in [0.2, 0.25) is 0 Å². The molecule has 0 spiro atoms. The third-order valence-corrected chi connectivity index (χ3v) is 3.45. The Morgan fingerprint density at radius 3 is 2.24 bits per heavy atom. The summed E-state index contributed by atoms with van der Waals surface area (Å²) in [6, 6.07) is -0.234. The molecular formula is C10H19F3N2OS. The fourth-order valence-electron chi connectivity index (χ4n) is 1.35. The average molecular weight is 272 g/mol. The van der Waals surface area contributed by atoms with E-state index in [0.717, 1.165) is 4.90 Å². The monoisotopic (exact) mass is 272 g/mol. The number of nitrogens with zero attached hydrogens (tertiary/aromatic N) is 1. The van der Waals surface area contributed by atoms with Crippen LogP contribution < -0.4 is 5.73 Å². The van der Waals surface area contributed by atoms with Crippen LogP contribution in [0, 0.1) is 0 Å². The highest BCUT2D eigenvalue weighted by molar-refractivity contribution is 7.98. The summed E-state index contributed by atoms with van der Waals surface area (Å²) in [6.07, 6.45) is -2.31. The standard InChI is InChI=1S/C10H19F3N2OS/c1-5-7(6-17-4)15(3)8(16)9(2,14)10(11,12)13/h7H,5-6,14H2,1-4H3. The molecule has 0 rings (SSSR count). The second-order valence-corrected chi connectivity index (χ2v) is 5.04. The SMILES string of the molecule is CCC(CSC)N(C)C(=O)C(C)(N)C(F)(F)F. The third kappa shape index (κ3) is 3.77. The van der Waals surface area contributed by atoms with Gasteiger partial charge in [0, 0.05) is 18.8 Å². The molecule has 102 valence electrons. The number of hydrogen-bond donors (Lipinski definition) is 1. The largest absolute Gasteiger partial charge is 0.415 e. The second kappa shape index (κ2) is 5.95. The molecule has 0 aliphatic rings. The zero-order valence-electron chi connectivity index (χ0n) is 10.5. The molecule has 7 heteroatoms. The molecule has 2 N–H and O–H groups in total. The van der Waals surface area contributed by atoms with Crippen molar-refractivity contribution in [3.63, 3.8) is 0 Å². The number of carbonyl (C=O) groups excluding carboxylic acids is 1. The summed E-state index contributed by atoms with van der Waals surface area (Å²) in [4.78, 5) is 12.9. The lowest BCUT2D eigenvalue weighted by Crippen LogP contribution is -2.63. The Bertz CT molecular complexity index is 269. The van der Waals surface area contributed by atoms with Gasteiger partial charge in [-0.05, 0) is 19.6 Å². The molecule has 0 aliphatic heterocycles. The van der Waals surface area contributed by atoms with Gasteiger partial charge in [-0.2, -0.15) is 24.9 Å². The Morgan fingerprint density at radius 2 is 1.94 bits per heavy atom. The molecule has 2 atom stereocenters. The molecule has 0 radical (unpaired) electrons. The Hall–Kier alpha value is -0.430. The van der Waals surface area contributed by atoms with Gasteiger partial charge in [0.2, 0.25) is 0 Å². The molecule has 0 aromatic heterocycles. The van der Waals surface area contributed by atoms with E-state index in [0.29, 0.717) is 19.1 Å². The Kier molecular flexibility index (Phi) is 5.80. The van der Waals surface area contributed by atoms with Gasteiger partial charge < -0.3 is 10.6 Å². The molecule has 0 aliphatic carbocycles. The molecule has 0 bridgehead atoms. The fraction of sp³-hybridized carbons (Fsp3) is 0.900. The predicted molar refractivity (Wildman–Crippen MR) is 63.9 cm³/mol. The quantitative estimate of drug-likeness (QED) is 0.831. The molecule has 3 nitrogen and oxygen atoms in total. The van der Waals surface area contributed by atoms with Gasteiger partial charge in [0.1, 0.15) is 0 Å². The van der Waals surface area contributed by atoms with Crippen LogP contribution in [0.25, 0.3) is 0 Å². The summed E-state index contributed by atoms with van der Waals surface area (Å²) in [6.45, 7) is 2.53. The molecule has 0 fully saturated rings. The highest BCUT2D eigenvalue weighted by Crippen LogP contribution is 2.30. The molecule has 2 unspecified atom stereocenters. The van der Waals surface area contributed by atoms with Crippen molar-refractivity contribution in [3.05, 3.63) is 0 Å². The average Bonchev–Trinajstić information content (AvgIpc) is 2.22. The van der Waals surface area contributed by atoms with Gasteiger partial charge in [0.15, 0.2) is 5.54 Å². The summed E-state index contributed by atoms with van der Waals surface area (Å²) in [5.41, 5.74) is 2.28. The number of likely N-dealkylation sites (N-methyl/N-ethyl adjacent to an activating group) is 1. The van der Waals surface area contributed by atoms with Gasteiger partial charge in [-0.3, -0.25) is 4.79 Å². The molecule has 0 saturated carbocycles. The zero-order chi connectivity index (χ0) is 13.9. The first-order valence-electron chi connectivity index (χ1n) is 5.21. The summed E-state index contributed by atoms with van der Waals surface area (Å²) >= 11 is 1.48. The third-order valence-electron chi connectivity index (χ3n) is 2.73. The lowest BCUT2D eigenvalue weighted by molar-refractivity contribution is -0.193. The van der Waals surface area contributed by atoms with Gasteiger partial charge in [-0.1, -0.05) is 6.92 Å². The molecule has 0 heterocycles. The number of hydrogen-bond acceptors (Lipinski definition) is 3. The van der Waals surface area contributed by atoms with E-state index >= 15 is 0 Å². The minimum absolute atomic E-state index is 0.234. The Labute approximate surface area is 104 Å². The maximum absolute atomic E-state index is 12.6. The Morgan fingerprint density at radius 1 is 1.47 bits per heavy atom. The van der Waals surface area contributed by atoms with E-state index in [1.807, 2.05) is 13.2 Å². The van der Waals surface area contributed by atoms with Crippen LogP contribution in [0.4, 0.5) is 13.2 Å². The number of rotatable bonds is 5. The minimum atomic E-state index is -4.74. The zero-order valence-corrected chi connectivity index (χ0v) is 11.3. The van der Waals surface area contributed by atoms with E-state index in [2.05, 4.69) is 0 Å². The van der Waals surface area contributed by atoms with Gasteiger partial charge in [0.05, 0.1) is 0 Å². The number of thioether (sulfide) groups is 1. The molecule has 1 amide bonds. The van der Waals surface area contributed by atoms with E-state index in [1.54, 1.807) is 0 Å². The second-order valence-electron chi connectivity index (χ2n) is 4.13. The summed E-state index contributed by atoms with van der Waals surface area (Å²) in [7, 11) is 1.36. The van der Waals surface area contributed by atoms with Crippen molar-refractivity contribution >= 4 is 17.7 Å². The highest BCUT2D eigenvalue weighted by Gasteiger charge is 2.55. The van der Waals surface area contributed by atoms with Crippen LogP contribution in [0.15, 0.2) is 0 Å². The van der Waals surface area contributed by atoms with E-state index in [-0.39, 0.29) is 6.04 Å². The van der Waals surface area contributed by atoms with Crippen LogP contribution in [0.1, 0.15) is 20.3 Å². The van der Waals surface area contributed by atoms with E-state index < -0.39 is 17.6 Å². The number of amides is 1. The number of nitrogens with two attached hydrogens (primary N) is 1. The van der Waals surface area contributed by atoms with Crippen molar-refractivity contribution in [1.82, 2.24) is 4.90 Å². The van der Waals surface area contributed by atoms with Crippen LogP contribution in [0.5, 0.6) is 0 Å². The topological polar surface area (TPSA) is 46.3 Å². The smallest absolute Gasteiger partial charge is 0.340 e. The first kappa shape index (κ1) is 16.6. The van der Waals surface area contributed by atoms with Crippen molar-refractivity contribution in [2.75, 3.05) is 19.1 Å². The van der Waals surface area contributed by atoms with Gasteiger partial charge in [0.25, 0.3) is 5.91 Å². The highest BCUT2D eigenvalue weighted by atomic mass is 32.2. The maximum Gasteiger partial charge on any atom is 0.415 e. The number of alkyl halides is 3. The van der Waals surface area contributed by atoms with Gasteiger partial charge in [-0.15, -0.1) is 0 Å². The number of halogens is 3. The first-order chi connectivity index (χ1) is 7.59. The molecular weight excluding hydrogens is 253 g/mol. The van der Waals surface area contributed by atoms with E-state index in [4.69, 9.17) is 5.73 Å². The molecule has 0 saturated heterocycles. The van der Waals surface area contributed by atoms with Crippen LogP contribution in [-0.4, -0.2) is 47.6 Å². The molecule has 0 aromatic carbocycles. The van der Waals surface area contributed by atoms with Crippen molar-refractivity contribution in [2.24, 2.45) is 5.73 Å². The molecule has 17 heavy (non-hydrogen) atoms. The predicted octanol–water partition coefficient (Wildman–Crippen LogP) is 1.87. The van der Waals surface area contributed by atoms with E-state index in [1.165, 1.54) is 18.8 Å². The van der Waals surface area contributed by atoms with Crippen molar-refractivity contribution in [1.29, 1.82) is 0 Å². The lowest BCUT2D eigenvalue weighted by atomic mass is 10.0. The summed E-state index contributed by atoms with van der Waals surface area (Å²) in [5.74, 6) is -0.502. The maximum atomic E-state index is 12.6. The van der Waals surface area contributed by atoms with E-state index in [9.17, 15) is 18.0 Å². The van der Waals surface area contributed by atoms with Gasteiger partial charge >= 0.3 is 6.18 Å². The normalized spacial score (nSPS) is 17.4. The summed E-state index contributed by atoms with van der Waals surface area (Å²) in [5, 5.41) is 0. The van der Waals surface area contributed by atoms with Gasteiger partial charge in [-0.25, -0.2) is 0 Å². The van der Waals surface area contributed by atoms with Crippen molar-refractivity contribution in [3.8, 4) is 0 Å². The van der Waals surface area contributed by atoms with Crippen molar-refractivity contribution in [2.45, 2.75) is 38.0 Å². The molecule has 0 aromatic rings.